The Morgan fingerprint density at radius 3 is 2.52 bits per heavy atom. The van der Waals surface area contributed by atoms with Crippen molar-refractivity contribution in [1.29, 1.82) is 0 Å². The van der Waals surface area contributed by atoms with Crippen LogP contribution in [0.4, 0.5) is 8.78 Å². The van der Waals surface area contributed by atoms with Gasteiger partial charge in [-0.15, -0.1) is 0 Å². The summed E-state index contributed by atoms with van der Waals surface area (Å²) in [6, 6.07) is 1.73. The Labute approximate surface area is 127 Å². The van der Waals surface area contributed by atoms with Crippen LogP contribution < -0.4 is 4.72 Å². The number of thioether (sulfide) groups is 1. The molecular weight excluding hydrogens is 320 g/mol. The third kappa shape index (κ3) is 3.39. The first-order chi connectivity index (χ1) is 9.83. The van der Waals surface area contributed by atoms with Crippen molar-refractivity contribution in [2.45, 2.75) is 35.5 Å². The average Bonchev–Trinajstić information content (AvgIpc) is 2.40. The van der Waals surface area contributed by atoms with Crippen LogP contribution in [0.3, 0.4) is 0 Å². The minimum absolute atomic E-state index is 0.0116. The number of benzene rings is 1. The van der Waals surface area contributed by atoms with Crippen LogP contribution >= 0.6 is 11.8 Å². The summed E-state index contributed by atoms with van der Waals surface area (Å²) in [4.78, 5) is -0.762. The predicted molar refractivity (Wildman–Crippen MR) is 77.6 cm³/mol. The third-order valence-corrected chi connectivity index (χ3v) is 6.63. The van der Waals surface area contributed by atoms with Crippen LogP contribution in [0, 0.1) is 11.6 Å². The number of rotatable bonds is 6. The zero-order valence-electron chi connectivity index (χ0n) is 11.5. The van der Waals surface area contributed by atoms with Crippen LogP contribution in [0.2, 0.25) is 0 Å². The monoisotopic (exact) mass is 337 g/mol. The van der Waals surface area contributed by atoms with E-state index in [4.69, 9.17) is 5.11 Å². The molecule has 0 radical (unpaired) electrons. The van der Waals surface area contributed by atoms with Crippen LogP contribution in [0.25, 0.3) is 0 Å². The molecule has 1 saturated carbocycles. The number of nitrogens with one attached hydrogen (secondary N) is 1. The van der Waals surface area contributed by atoms with E-state index in [2.05, 4.69) is 4.72 Å². The molecule has 0 aliphatic heterocycles. The highest BCUT2D eigenvalue weighted by Crippen LogP contribution is 2.42. The molecule has 0 aromatic heterocycles. The topological polar surface area (TPSA) is 66.4 Å². The second-order valence-electron chi connectivity index (χ2n) is 5.11. The summed E-state index contributed by atoms with van der Waals surface area (Å²) in [5.74, 6) is -2.71. The lowest BCUT2D eigenvalue weighted by Crippen LogP contribution is -2.45. The Bertz CT molecular complexity index is 625. The lowest BCUT2D eigenvalue weighted by Gasteiger charge is -2.40. The van der Waals surface area contributed by atoms with Gasteiger partial charge in [-0.2, -0.15) is 11.8 Å². The van der Waals surface area contributed by atoms with Crippen LogP contribution in [-0.4, -0.2) is 31.1 Å². The Hall–Kier alpha value is -0.700. The van der Waals surface area contributed by atoms with Gasteiger partial charge in [0.2, 0.25) is 10.0 Å². The highest BCUT2D eigenvalue weighted by atomic mass is 32.2. The second kappa shape index (κ2) is 6.20. The normalized spacial score (nSPS) is 17.5. The molecule has 0 bridgehead atoms. The smallest absolute Gasteiger partial charge is 0.243 e. The Kier molecular flexibility index (Phi) is 4.92. The number of sulfonamides is 1. The lowest BCUT2D eigenvalue weighted by molar-refractivity contribution is 0.280. The van der Waals surface area contributed by atoms with Crippen molar-refractivity contribution in [1.82, 2.24) is 4.72 Å². The molecule has 2 N–H and O–H groups in total. The van der Waals surface area contributed by atoms with Gasteiger partial charge in [-0.05, 0) is 36.8 Å². The van der Waals surface area contributed by atoms with Gasteiger partial charge >= 0.3 is 0 Å². The number of hydrogen-bond donors (Lipinski definition) is 2. The fourth-order valence-corrected chi connectivity index (χ4v) is 4.50. The quantitative estimate of drug-likeness (QED) is 0.833. The molecule has 0 spiro atoms. The fourth-order valence-electron chi connectivity index (χ4n) is 2.23. The molecule has 0 heterocycles. The Morgan fingerprint density at radius 2 is 2.05 bits per heavy atom. The second-order valence-corrected chi connectivity index (χ2v) is 8.12. The molecule has 0 atom stereocenters. The first kappa shape index (κ1) is 16.7. The standard InChI is InChI=1S/C13H17F2NO3S2/c1-20-13(3-2-4-13)8-16-21(18,19)11-6-9(7-17)5-10(14)12(11)15/h5-6,16-17H,2-4,7-8H2,1H3. The van der Waals surface area contributed by atoms with E-state index in [0.717, 1.165) is 31.4 Å². The zero-order valence-corrected chi connectivity index (χ0v) is 13.2. The van der Waals surface area contributed by atoms with Crippen LogP contribution in [0.5, 0.6) is 0 Å². The van der Waals surface area contributed by atoms with Gasteiger partial charge in [0.05, 0.1) is 6.61 Å². The molecule has 1 aliphatic carbocycles. The number of hydrogen-bond acceptors (Lipinski definition) is 4. The van der Waals surface area contributed by atoms with Crippen molar-refractivity contribution in [3.05, 3.63) is 29.3 Å². The van der Waals surface area contributed by atoms with Gasteiger partial charge in [0.15, 0.2) is 11.6 Å². The van der Waals surface area contributed by atoms with Gasteiger partial charge in [0.1, 0.15) is 4.90 Å². The summed E-state index contributed by atoms with van der Waals surface area (Å²) in [5, 5.41) is 8.98. The molecule has 1 fully saturated rings. The molecule has 1 aromatic carbocycles. The van der Waals surface area contributed by atoms with E-state index in [1.54, 1.807) is 11.8 Å². The van der Waals surface area contributed by atoms with Crippen molar-refractivity contribution in [2.75, 3.05) is 12.8 Å². The van der Waals surface area contributed by atoms with E-state index in [1.807, 2.05) is 6.26 Å². The molecule has 0 unspecified atom stereocenters. The average molecular weight is 337 g/mol. The maximum atomic E-state index is 13.7. The predicted octanol–water partition coefficient (Wildman–Crippen LogP) is 2.02. The van der Waals surface area contributed by atoms with Gasteiger partial charge in [-0.25, -0.2) is 21.9 Å². The fraction of sp³-hybridized carbons (Fsp3) is 0.538. The molecule has 118 valence electrons. The number of halogens is 2. The Morgan fingerprint density at radius 1 is 1.38 bits per heavy atom. The number of aliphatic hydroxyl groups excluding tert-OH is 1. The first-order valence-electron chi connectivity index (χ1n) is 6.47. The van der Waals surface area contributed by atoms with Crippen LogP contribution in [0.1, 0.15) is 24.8 Å². The molecule has 1 aromatic rings. The summed E-state index contributed by atoms with van der Waals surface area (Å²) < 4.78 is 53.7. The first-order valence-corrected chi connectivity index (χ1v) is 9.18. The van der Waals surface area contributed by atoms with E-state index in [-0.39, 0.29) is 16.9 Å². The maximum Gasteiger partial charge on any atom is 0.243 e. The van der Waals surface area contributed by atoms with Crippen molar-refractivity contribution >= 4 is 21.8 Å². The molecule has 0 saturated heterocycles. The van der Waals surface area contributed by atoms with Gasteiger partial charge in [-0.1, -0.05) is 6.42 Å². The van der Waals surface area contributed by atoms with E-state index < -0.39 is 33.2 Å². The van der Waals surface area contributed by atoms with Crippen molar-refractivity contribution in [2.24, 2.45) is 0 Å². The maximum absolute atomic E-state index is 13.7. The largest absolute Gasteiger partial charge is 0.392 e. The molecule has 0 amide bonds. The molecule has 21 heavy (non-hydrogen) atoms. The summed E-state index contributed by atoms with van der Waals surface area (Å²) in [6.07, 6.45) is 4.72. The van der Waals surface area contributed by atoms with E-state index in [1.165, 1.54) is 0 Å². The van der Waals surface area contributed by atoms with Crippen molar-refractivity contribution in [3.8, 4) is 0 Å². The minimum Gasteiger partial charge on any atom is -0.392 e. The zero-order chi connectivity index (χ0) is 15.7. The van der Waals surface area contributed by atoms with Crippen molar-refractivity contribution < 1.29 is 22.3 Å². The molecule has 2 rings (SSSR count). The van der Waals surface area contributed by atoms with Crippen LogP contribution in [-0.2, 0) is 16.6 Å². The van der Waals surface area contributed by atoms with Gasteiger partial charge in [0, 0.05) is 11.3 Å². The number of aliphatic hydroxyl groups is 1. The summed E-state index contributed by atoms with van der Waals surface area (Å²) in [5.41, 5.74) is 0.0116. The van der Waals surface area contributed by atoms with E-state index in [0.29, 0.717) is 0 Å². The minimum atomic E-state index is -4.15. The van der Waals surface area contributed by atoms with E-state index in [9.17, 15) is 17.2 Å². The summed E-state index contributed by atoms with van der Waals surface area (Å²) in [7, 11) is -4.15. The molecule has 4 nitrogen and oxygen atoms in total. The third-order valence-electron chi connectivity index (χ3n) is 3.81. The Balaban J connectivity index is 2.25. The highest BCUT2D eigenvalue weighted by molar-refractivity contribution is 8.00. The lowest BCUT2D eigenvalue weighted by atomic mass is 9.84. The molecule has 1 aliphatic rings. The molecular formula is C13H17F2NO3S2. The summed E-state index contributed by atoms with van der Waals surface area (Å²) in [6.45, 7) is -0.380. The molecule has 8 heteroatoms. The van der Waals surface area contributed by atoms with E-state index >= 15 is 0 Å². The van der Waals surface area contributed by atoms with Crippen molar-refractivity contribution in [3.63, 3.8) is 0 Å². The van der Waals surface area contributed by atoms with Gasteiger partial charge < -0.3 is 5.11 Å². The van der Waals surface area contributed by atoms with Crippen LogP contribution in [0.15, 0.2) is 17.0 Å². The highest BCUT2D eigenvalue weighted by Gasteiger charge is 2.37. The van der Waals surface area contributed by atoms with Gasteiger partial charge in [0.25, 0.3) is 0 Å². The SMILES string of the molecule is CSC1(CNS(=O)(=O)c2cc(CO)cc(F)c2F)CCC1. The summed E-state index contributed by atoms with van der Waals surface area (Å²) >= 11 is 1.58. The van der Waals surface area contributed by atoms with Gasteiger partial charge in [-0.3, -0.25) is 0 Å².